The summed E-state index contributed by atoms with van der Waals surface area (Å²) < 4.78 is 1.88. The first kappa shape index (κ1) is 4.97. The summed E-state index contributed by atoms with van der Waals surface area (Å²) in [5.74, 6) is 1.07. The van der Waals surface area contributed by atoms with Gasteiger partial charge in [-0.05, 0) is 18.9 Å². The summed E-state index contributed by atoms with van der Waals surface area (Å²) in [7, 11) is 1.96. The van der Waals surface area contributed by atoms with Gasteiger partial charge < -0.3 is 0 Å². The Hall–Kier alpha value is -0.180. The standard InChI is InChI=1S/C4H8N2S/c1-4-3-7-6(2)5-4/h3H2,1-2H3. The fraction of sp³-hybridized carbons (Fsp3) is 0.750. The van der Waals surface area contributed by atoms with Gasteiger partial charge in [-0.3, -0.25) is 0 Å². The molecular formula is C4H8N2S. The summed E-state index contributed by atoms with van der Waals surface area (Å²) in [5, 5.41) is 4.10. The van der Waals surface area contributed by atoms with E-state index in [4.69, 9.17) is 0 Å². The third-order valence-electron chi connectivity index (χ3n) is 0.772. The summed E-state index contributed by atoms with van der Waals surface area (Å²) in [6, 6.07) is 0. The highest BCUT2D eigenvalue weighted by Crippen LogP contribution is 2.14. The van der Waals surface area contributed by atoms with Gasteiger partial charge >= 0.3 is 0 Å². The monoisotopic (exact) mass is 116 g/mol. The Labute approximate surface area is 47.7 Å². The van der Waals surface area contributed by atoms with E-state index in [1.807, 2.05) is 18.4 Å². The Balaban J connectivity index is 2.50. The first-order valence-corrected chi connectivity index (χ1v) is 3.14. The molecule has 0 aromatic rings. The summed E-state index contributed by atoms with van der Waals surface area (Å²) >= 11 is 1.73. The Morgan fingerprint density at radius 2 is 2.57 bits per heavy atom. The van der Waals surface area contributed by atoms with Gasteiger partial charge in [0, 0.05) is 12.8 Å². The van der Waals surface area contributed by atoms with E-state index in [1.54, 1.807) is 11.9 Å². The van der Waals surface area contributed by atoms with Gasteiger partial charge in [-0.25, -0.2) is 4.41 Å². The minimum atomic E-state index is 1.07. The highest BCUT2D eigenvalue weighted by atomic mass is 32.2. The van der Waals surface area contributed by atoms with E-state index in [0.29, 0.717) is 0 Å². The van der Waals surface area contributed by atoms with Crippen LogP contribution in [0.3, 0.4) is 0 Å². The third kappa shape index (κ3) is 1.09. The maximum absolute atomic E-state index is 4.10. The van der Waals surface area contributed by atoms with E-state index in [1.165, 1.54) is 5.71 Å². The van der Waals surface area contributed by atoms with Gasteiger partial charge in [0.2, 0.25) is 0 Å². The van der Waals surface area contributed by atoms with E-state index >= 15 is 0 Å². The van der Waals surface area contributed by atoms with Crippen LogP contribution in [0.15, 0.2) is 5.10 Å². The second-order valence-corrected chi connectivity index (χ2v) is 2.65. The molecule has 0 amide bonds. The molecule has 0 atom stereocenters. The topological polar surface area (TPSA) is 15.6 Å². The van der Waals surface area contributed by atoms with Crippen LogP contribution in [0.1, 0.15) is 6.92 Å². The molecule has 0 N–H and O–H groups in total. The zero-order valence-electron chi connectivity index (χ0n) is 4.51. The maximum atomic E-state index is 4.10. The minimum Gasteiger partial charge on any atom is -0.242 e. The highest BCUT2D eigenvalue weighted by Gasteiger charge is 2.04. The van der Waals surface area contributed by atoms with Crippen LogP contribution < -0.4 is 0 Å². The second kappa shape index (κ2) is 1.74. The van der Waals surface area contributed by atoms with Crippen molar-refractivity contribution >= 4 is 17.7 Å². The molecule has 2 nitrogen and oxygen atoms in total. The molecule has 0 saturated heterocycles. The van der Waals surface area contributed by atoms with E-state index in [9.17, 15) is 0 Å². The van der Waals surface area contributed by atoms with Crippen LogP contribution in [-0.2, 0) is 0 Å². The molecule has 0 spiro atoms. The molecule has 0 fully saturated rings. The van der Waals surface area contributed by atoms with Gasteiger partial charge in [0.25, 0.3) is 0 Å². The van der Waals surface area contributed by atoms with Crippen molar-refractivity contribution in [3.63, 3.8) is 0 Å². The van der Waals surface area contributed by atoms with Crippen LogP contribution in [-0.4, -0.2) is 22.9 Å². The zero-order valence-corrected chi connectivity index (χ0v) is 5.33. The predicted octanol–water partition coefficient (Wildman–Crippen LogP) is 0.956. The van der Waals surface area contributed by atoms with E-state index in [0.717, 1.165) is 5.75 Å². The first-order chi connectivity index (χ1) is 3.29. The molecule has 1 heterocycles. The number of nitrogens with zero attached hydrogens (tertiary/aromatic N) is 2. The summed E-state index contributed by atoms with van der Waals surface area (Å²) in [6.07, 6.45) is 0. The Morgan fingerprint density at radius 1 is 1.86 bits per heavy atom. The summed E-state index contributed by atoms with van der Waals surface area (Å²) in [5.41, 5.74) is 1.22. The van der Waals surface area contributed by atoms with Crippen LogP contribution in [0.25, 0.3) is 0 Å². The molecule has 0 aromatic carbocycles. The molecule has 0 aliphatic carbocycles. The van der Waals surface area contributed by atoms with Crippen LogP contribution in [0, 0.1) is 0 Å². The lowest BCUT2D eigenvalue weighted by molar-refractivity contribution is 0.627. The average Bonchev–Trinajstić information content (AvgIpc) is 1.87. The Bertz CT molecular complexity index is 99.9. The summed E-state index contributed by atoms with van der Waals surface area (Å²) in [6.45, 7) is 2.04. The zero-order chi connectivity index (χ0) is 5.28. The largest absolute Gasteiger partial charge is 0.242 e. The quantitative estimate of drug-likeness (QED) is 0.438. The molecule has 3 heteroatoms. The van der Waals surface area contributed by atoms with Crippen molar-refractivity contribution < 1.29 is 0 Å². The van der Waals surface area contributed by atoms with Crippen molar-refractivity contribution in [1.29, 1.82) is 0 Å². The van der Waals surface area contributed by atoms with Crippen molar-refractivity contribution in [1.82, 2.24) is 4.41 Å². The number of rotatable bonds is 0. The van der Waals surface area contributed by atoms with Crippen molar-refractivity contribution in [2.75, 3.05) is 12.8 Å². The molecule has 40 valence electrons. The molecule has 1 aliphatic rings. The van der Waals surface area contributed by atoms with E-state index in [2.05, 4.69) is 5.10 Å². The SMILES string of the molecule is CC1=NN(C)SC1. The van der Waals surface area contributed by atoms with Gasteiger partial charge in [-0.15, -0.1) is 0 Å². The van der Waals surface area contributed by atoms with E-state index in [-0.39, 0.29) is 0 Å². The molecule has 1 aliphatic heterocycles. The molecule has 7 heavy (non-hydrogen) atoms. The molecule has 1 rings (SSSR count). The third-order valence-corrected chi connectivity index (χ3v) is 1.77. The number of hydrogen-bond acceptors (Lipinski definition) is 3. The molecule has 0 aromatic heterocycles. The second-order valence-electron chi connectivity index (χ2n) is 1.57. The molecule has 0 unspecified atom stereocenters. The Kier molecular flexibility index (Phi) is 1.23. The lowest BCUT2D eigenvalue weighted by Crippen LogP contribution is -1.90. The van der Waals surface area contributed by atoms with Crippen molar-refractivity contribution in [2.24, 2.45) is 5.10 Å². The maximum Gasteiger partial charge on any atom is 0.0549 e. The van der Waals surface area contributed by atoms with Gasteiger partial charge in [-0.2, -0.15) is 5.10 Å². The molecule has 0 saturated carbocycles. The number of hydrogen-bond donors (Lipinski definition) is 0. The molecular weight excluding hydrogens is 108 g/mol. The van der Waals surface area contributed by atoms with E-state index < -0.39 is 0 Å². The first-order valence-electron chi connectivity index (χ1n) is 2.20. The lowest BCUT2D eigenvalue weighted by atomic mass is 10.5. The smallest absolute Gasteiger partial charge is 0.0549 e. The van der Waals surface area contributed by atoms with Crippen molar-refractivity contribution in [3.8, 4) is 0 Å². The van der Waals surface area contributed by atoms with Crippen molar-refractivity contribution in [2.45, 2.75) is 6.92 Å². The van der Waals surface area contributed by atoms with Gasteiger partial charge in [-0.1, -0.05) is 0 Å². The lowest BCUT2D eigenvalue weighted by Gasteiger charge is -1.98. The van der Waals surface area contributed by atoms with Gasteiger partial charge in [0.15, 0.2) is 0 Å². The van der Waals surface area contributed by atoms with Crippen LogP contribution in [0.2, 0.25) is 0 Å². The molecule has 0 bridgehead atoms. The molecule has 0 radical (unpaired) electrons. The summed E-state index contributed by atoms with van der Waals surface area (Å²) in [4.78, 5) is 0. The average molecular weight is 116 g/mol. The van der Waals surface area contributed by atoms with Crippen LogP contribution >= 0.6 is 11.9 Å². The van der Waals surface area contributed by atoms with Gasteiger partial charge in [0.05, 0.1) is 5.75 Å². The van der Waals surface area contributed by atoms with Crippen molar-refractivity contribution in [3.05, 3.63) is 0 Å². The normalized spacial score (nSPS) is 20.3. The van der Waals surface area contributed by atoms with Crippen LogP contribution in [0.4, 0.5) is 0 Å². The predicted molar refractivity (Wildman–Crippen MR) is 33.3 cm³/mol. The number of hydrazone groups is 1. The van der Waals surface area contributed by atoms with Gasteiger partial charge in [0.1, 0.15) is 0 Å². The fourth-order valence-electron chi connectivity index (χ4n) is 0.485. The minimum absolute atomic E-state index is 1.07. The van der Waals surface area contributed by atoms with Crippen LogP contribution in [0.5, 0.6) is 0 Å². The fourth-order valence-corrected chi connectivity index (χ4v) is 1.11. The highest BCUT2D eigenvalue weighted by molar-refractivity contribution is 7.97. The Morgan fingerprint density at radius 3 is 2.71 bits per heavy atom.